The molecule has 0 unspecified atom stereocenters. The van der Waals surface area contributed by atoms with E-state index in [2.05, 4.69) is 4.98 Å². The SMILES string of the molecule is CC(C)CN(CC(=O)O)C(=O)C1CCN(c2nc3ccccc3o2)CC1. The lowest BCUT2D eigenvalue weighted by molar-refractivity contribution is -0.147. The fourth-order valence-electron chi connectivity index (χ4n) is 3.41. The minimum Gasteiger partial charge on any atom is -0.480 e. The van der Waals surface area contributed by atoms with Gasteiger partial charge in [0.25, 0.3) is 6.01 Å². The van der Waals surface area contributed by atoms with Gasteiger partial charge in [0, 0.05) is 25.6 Å². The Kier molecular flexibility index (Phi) is 5.44. The van der Waals surface area contributed by atoms with E-state index in [9.17, 15) is 9.59 Å². The molecule has 7 heteroatoms. The van der Waals surface area contributed by atoms with Crippen molar-refractivity contribution < 1.29 is 19.1 Å². The van der Waals surface area contributed by atoms with Gasteiger partial charge in [-0.2, -0.15) is 4.98 Å². The number of carbonyl (C=O) groups excluding carboxylic acids is 1. The maximum atomic E-state index is 12.8. The molecule has 1 amide bonds. The molecule has 7 nitrogen and oxygen atoms in total. The van der Waals surface area contributed by atoms with Gasteiger partial charge in [-0.05, 0) is 30.9 Å². The predicted molar refractivity (Wildman–Crippen MR) is 98.0 cm³/mol. The van der Waals surface area contributed by atoms with Gasteiger partial charge in [0.05, 0.1) is 0 Å². The molecule has 1 aromatic carbocycles. The second-order valence-electron chi connectivity index (χ2n) is 7.23. The summed E-state index contributed by atoms with van der Waals surface area (Å²) >= 11 is 0. The van der Waals surface area contributed by atoms with Gasteiger partial charge in [-0.15, -0.1) is 0 Å². The number of carboxylic acids is 1. The summed E-state index contributed by atoms with van der Waals surface area (Å²) in [5, 5.41) is 9.08. The first-order chi connectivity index (χ1) is 12.4. The van der Waals surface area contributed by atoms with E-state index >= 15 is 0 Å². The number of hydrogen-bond acceptors (Lipinski definition) is 5. The first kappa shape index (κ1) is 18.2. The van der Waals surface area contributed by atoms with Gasteiger partial charge in [-0.25, -0.2) is 0 Å². The number of aliphatic carboxylic acids is 1. The number of carboxylic acid groups (broad SMARTS) is 1. The van der Waals surface area contributed by atoms with Crippen molar-refractivity contribution in [2.75, 3.05) is 31.1 Å². The number of carbonyl (C=O) groups is 2. The standard InChI is InChI=1S/C19H25N3O4/c1-13(2)11-22(12-17(23)24)18(25)14-7-9-21(10-8-14)19-20-15-5-3-4-6-16(15)26-19/h3-6,13-14H,7-12H2,1-2H3,(H,23,24). The highest BCUT2D eigenvalue weighted by molar-refractivity contribution is 5.83. The number of para-hydroxylation sites is 2. The molecule has 0 bridgehead atoms. The minimum absolute atomic E-state index is 0.0571. The zero-order valence-electron chi connectivity index (χ0n) is 15.2. The van der Waals surface area contributed by atoms with Crippen LogP contribution in [0, 0.1) is 11.8 Å². The second kappa shape index (κ2) is 7.76. The molecular weight excluding hydrogens is 334 g/mol. The average molecular weight is 359 g/mol. The number of hydrogen-bond donors (Lipinski definition) is 1. The lowest BCUT2D eigenvalue weighted by Gasteiger charge is -2.33. The molecule has 0 saturated carbocycles. The molecule has 26 heavy (non-hydrogen) atoms. The van der Waals surface area contributed by atoms with Gasteiger partial charge >= 0.3 is 5.97 Å². The van der Waals surface area contributed by atoms with Crippen LogP contribution in [0.3, 0.4) is 0 Å². The van der Waals surface area contributed by atoms with E-state index in [-0.39, 0.29) is 24.3 Å². The summed E-state index contributed by atoms with van der Waals surface area (Å²) < 4.78 is 5.80. The van der Waals surface area contributed by atoms with Crippen LogP contribution in [0.15, 0.2) is 28.7 Å². The van der Waals surface area contributed by atoms with Gasteiger partial charge < -0.3 is 19.3 Å². The monoisotopic (exact) mass is 359 g/mol. The second-order valence-corrected chi connectivity index (χ2v) is 7.23. The molecule has 140 valence electrons. The Morgan fingerprint density at radius 1 is 1.31 bits per heavy atom. The number of amides is 1. The highest BCUT2D eigenvalue weighted by atomic mass is 16.4. The third-order valence-corrected chi connectivity index (χ3v) is 4.62. The van der Waals surface area contributed by atoms with Crippen molar-refractivity contribution >= 4 is 29.0 Å². The Labute approximate surface area is 152 Å². The number of anilines is 1. The van der Waals surface area contributed by atoms with Crippen LogP contribution in [0.4, 0.5) is 6.01 Å². The van der Waals surface area contributed by atoms with E-state index in [4.69, 9.17) is 9.52 Å². The van der Waals surface area contributed by atoms with Crippen LogP contribution in [0.5, 0.6) is 0 Å². The normalized spacial score (nSPS) is 15.6. The highest BCUT2D eigenvalue weighted by Crippen LogP contribution is 2.27. The van der Waals surface area contributed by atoms with E-state index in [0.29, 0.717) is 38.5 Å². The molecule has 1 N–H and O–H groups in total. The van der Waals surface area contributed by atoms with Crippen LogP contribution in [0.1, 0.15) is 26.7 Å². The number of fused-ring (bicyclic) bond motifs is 1. The Morgan fingerprint density at radius 3 is 2.62 bits per heavy atom. The zero-order valence-corrected chi connectivity index (χ0v) is 15.2. The molecule has 0 aliphatic carbocycles. The molecule has 1 aliphatic rings. The average Bonchev–Trinajstić information content (AvgIpc) is 3.04. The summed E-state index contributed by atoms with van der Waals surface area (Å²) in [6.07, 6.45) is 1.34. The van der Waals surface area contributed by atoms with Crippen molar-refractivity contribution in [3.63, 3.8) is 0 Å². The van der Waals surface area contributed by atoms with Crippen molar-refractivity contribution in [2.24, 2.45) is 11.8 Å². The van der Waals surface area contributed by atoms with Gasteiger partial charge in [-0.3, -0.25) is 9.59 Å². The van der Waals surface area contributed by atoms with Crippen molar-refractivity contribution in [2.45, 2.75) is 26.7 Å². The largest absolute Gasteiger partial charge is 0.480 e. The summed E-state index contributed by atoms with van der Waals surface area (Å²) in [5.41, 5.74) is 1.58. The van der Waals surface area contributed by atoms with Crippen LogP contribution < -0.4 is 4.90 Å². The number of oxazole rings is 1. The molecular formula is C19H25N3O4. The van der Waals surface area contributed by atoms with Crippen molar-refractivity contribution in [3.05, 3.63) is 24.3 Å². The number of nitrogens with zero attached hydrogens (tertiary/aromatic N) is 3. The van der Waals surface area contributed by atoms with E-state index in [1.165, 1.54) is 4.90 Å². The van der Waals surface area contributed by atoms with Crippen molar-refractivity contribution in [1.29, 1.82) is 0 Å². The van der Waals surface area contributed by atoms with E-state index in [1.807, 2.05) is 43.0 Å². The summed E-state index contributed by atoms with van der Waals surface area (Å²) in [7, 11) is 0. The van der Waals surface area contributed by atoms with Crippen LogP contribution >= 0.6 is 0 Å². The van der Waals surface area contributed by atoms with Crippen molar-refractivity contribution in [1.82, 2.24) is 9.88 Å². The smallest absolute Gasteiger partial charge is 0.323 e. The first-order valence-corrected chi connectivity index (χ1v) is 9.05. The van der Waals surface area contributed by atoms with Crippen LogP contribution in [0.25, 0.3) is 11.1 Å². The molecule has 0 atom stereocenters. The maximum absolute atomic E-state index is 12.8. The van der Waals surface area contributed by atoms with Gasteiger partial charge in [0.2, 0.25) is 5.91 Å². The zero-order chi connectivity index (χ0) is 18.7. The van der Waals surface area contributed by atoms with Crippen LogP contribution in [-0.2, 0) is 9.59 Å². The number of rotatable bonds is 6. The molecule has 3 rings (SSSR count). The molecule has 2 heterocycles. The number of benzene rings is 1. The number of aromatic nitrogens is 1. The predicted octanol–water partition coefficient (Wildman–Crippen LogP) is 2.61. The Bertz CT molecular complexity index is 745. The lowest BCUT2D eigenvalue weighted by atomic mass is 9.95. The third kappa shape index (κ3) is 4.15. The van der Waals surface area contributed by atoms with Crippen molar-refractivity contribution in [3.8, 4) is 0 Å². The maximum Gasteiger partial charge on any atom is 0.323 e. The lowest BCUT2D eigenvalue weighted by Crippen LogP contribution is -2.45. The molecule has 1 aliphatic heterocycles. The number of piperidine rings is 1. The molecule has 0 radical (unpaired) electrons. The Morgan fingerprint density at radius 2 is 2.00 bits per heavy atom. The van der Waals surface area contributed by atoms with Gasteiger partial charge in [-0.1, -0.05) is 26.0 Å². The fraction of sp³-hybridized carbons (Fsp3) is 0.526. The Hall–Kier alpha value is -2.57. The molecule has 0 spiro atoms. The van der Waals surface area contributed by atoms with E-state index in [1.54, 1.807) is 0 Å². The van der Waals surface area contributed by atoms with E-state index < -0.39 is 5.97 Å². The van der Waals surface area contributed by atoms with E-state index in [0.717, 1.165) is 11.1 Å². The quantitative estimate of drug-likeness (QED) is 0.853. The summed E-state index contributed by atoms with van der Waals surface area (Å²) in [5.74, 6) is -0.937. The first-order valence-electron chi connectivity index (χ1n) is 9.05. The molecule has 2 aromatic rings. The topological polar surface area (TPSA) is 86.9 Å². The fourth-order valence-corrected chi connectivity index (χ4v) is 3.41. The summed E-state index contributed by atoms with van der Waals surface area (Å²) in [6.45, 7) is 5.55. The third-order valence-electron chi connectivity index (χ3n) is 4.62. The van der Waals surface area contributed by atoms with Gasteiger partial charge in [0.1, 0.15) is 12.1 Å². The van der Waals surface area contributed by atoms with Crippen LogP contribution in [0.2, 0.25) is 0 Å². The Balaban J connectivity index is 1.63. The molecule has 1 aromatic heterocycles. The van der Waals surface area contributed by atoms with Gasteiger partial charge in [0.15, 0.2) is 5.58 Å². The molecule has 1 saturated heterocycles. The minimum atomic E-state index is -0.970. The molecule has 1 fully saturated rings. The summed E-state index contributed by atoms with van der Waals surface area (Å²) in [4.78, 5) is 31.9. The van der Waals surface area contributed by atoms with Crippen LogP contribution in [-0.4, -0.2) is 53.0 Å². The highest BCUT2D eigenvalue weighted by Gasteiger charge is 2.31. The summed E-state index contributed by atoms with van der Waals surface area (Å²) in [6, 6.07) is 8.22.